The molecule has 0 aliphatic carbocycles. The quantitative estimate of drug-likeness (QED) is 0.869. The molecule has 5 nitrogen and oxygen atoms in total. The molecule has 2 rings (SSSR count). The summed E-state index contributed by atoms with van der Waals surface area (Å²) in [6.45, 7) is 3.63. The second kappa shape index (κ2) is 7.97. The number of halogens is 1. The lowest BCUT2D eigenvalue weighted by atomic mass is 10.1. The Balaban J connectivity index is 0.00000200. The van der Waals surface area contributed by atoms with Gasteiger partial charge in [0.2, 0.25) is 5.91 Å². The van der Waals surface area contributed by atoms with Gasteiger partial charge in [-0.1, -0.05) is 6.07 Å². The van der Waals surface area contributed by atoms with Gasteiger partial charge >= 0.3 is 0 Å². The number of amides is 1. The summed E-state index contributed by atoms with van der Waals surface area (Å²) in [6, 6.07) is 5.69. The van der Waals surface area contributed by atoms with Crippen molar-refractivity contribution in [1.29, 1.82) is 0 Å². The monoisotopic (exact) mass is 300 g/mol. The second-order valence-corrected chi connectivity index (χ2v) is 4.58. The summed E-state index contributed by atoms with van der Waals surface area (Å²) in [6.07, 6.45) is 1.17. The number of rotatable bonds is 5. The molecule has 1 atom stereocenters. The molecule has 1 amide bonds. The predicted octanol–water partition coefficient (Wildman–Crippen LogP) is 1.80. The van der Waals surface area contributed by atoms with Crippen LogP contribution < -0.4 is 20.5 Å². The summed E-state index contributed by atoms with van der Waals surface area (Å²) in [4.78, 5) is 11.7. The molecular formula is C14H21ClN2O3. The van der Waals surface area contributed by atoms with Gasteiger partial charge in [-0.15, -0.1) is 12.4 Å². The molecule has 1 aromatic rings. The molecule has 0 saturated heterocycles. The van der Waals surface area contributed by atoms with E-state index in [0.717, 1.165) is 17.1 Å². The van der Waals surface area contributed by atoms with E-state index in [0.29, 0.717) is 32.6 Å². The molecule has 3 N–H and O–H groups in total. The number of hydrogen-bond acceptors (Lipinski definition) is 4. The van der Waals surface area contributed by atoms with E-state index in [-0.39, 0.29) is 24.4 Å². The molecule has 1 aliphatic rings. The maximum Gasteiger partial charge on any atom is 0.220 e. The molecule has 0 spiro atoms. The first-order valence-electron chi connectivity index (χ1n) is 6.59. The van der Waals surface area contributed by atoms with Gasteiger partial charge in [-0.25, -0.2) is 0 Å². The standard InChI is InChI=1S/C14H20N2O3.ClH/c1-10(16-14(17)3-2-6-15)11-4-5-12-13(9-11)19-8-7-18-12;/h4-5,9-10H,2-3,6-8,15H2,1H3,(H,16,17);1H. The Morgan fingerprint density at radius 1 is 1.35 bits per heavy atom. The third kappa shape index (κ3) is 4.28. The zero-order valence-corrected chi connectivity index (χ0v) is 12.4. The molecule has 0 fully saturated rings. The lowest BCUT2D eigenvalue weighted by molar-refractivity contribution is -0.121. The van der Waals surface area contributed by atoms with Gasteiger partial charge in [0.05, 0.1) is 6.04 Å². The zero-order chi connectivity index (χ0) is 13.7. The summed E-state index contributed by atoms with van der Waals surface area (Å²) in [5.74, 6) is 1.52. The predicted molar refractivity (Wildman–Crippen MR) is 79.5 cm³/mol. The average molecular weight is 301 g/mol. The Labute approximate surface area is 125 Å². The molecule has 1 heterocycles. The third-order valence-electron chi connectivity index (χ3n) is 3.05. The Bertz CT molecular complexity index is 454. The van der Waals surface area contributed by atoms with Crippen LogP contribution in [0.2, 0.25) is 0 Å². The van der Waals surface area contributed by atoms with Crippen molar-refractivity contribution in [1.82, 2.24) is 5.32 Å². The number of nitrogens with two attached hydrogens (primary N) is 1. The molecule has 20 heavy (non-hydrogen) atoms. The third-order valence-corrected chi connectivity index (χ3v) is 3.05. The van der Waals surface area contributed by atoms with Crippen molar-refractivity contribution in [2.45, 2.75) is 25.8 Å². The first kappa shape index (κ1) is 16.6. The topological polar surface area (TPSA) is 73.6 Å². The fraction of sp³-hybridized carbons (Fsp3) is 0.500. The summed E-state index contributed by atoms with van der Waals surface area (Å²) >= 11 is 0. The van der Waals surface area contributed by atoms with Crippen LogP contribution in [0.25, 0.3) is 0 Å². The minimum atomic E-state index is -0.0545. The van der Waals surface area contributed by atoms with Crippen molar-refractivity contribution in [3.05, 3.63) is 23.8 Å². The molecule has 6 heteroatoms. The fourth-order valence-electron chi connectivity index (χ4n) is 1.99. The molecule has 0 radical (unpaired) electrons. The highest BCUT2D eigenvalue weighted by atomic mass is 35.5. The molecule has 112 valence electrons. The maximum atomic E-state index is 11.7. The highest BCUT2D eigenvalue weighted by molar-refractivity contribution is 5.85. The average Bonchev–Trinajstić information content (AvgIpc) is 2.44. The molecule has 0 saturated carbocycles. The fourth-order valence-corrected chi connectivity index (χ4v) is 1.99. The van der Waals surface area contributed by atoms with Gasteiger partial charge in [-0.3, -0.25) is 4.79 Å². The van der Waals surface area contributed by atoms with Crippen molar-refractivity contribution in [2.24, 2.45) is 5.73 Å². The van der Waals surface area contributed by atoms with Gasteiger partial charge in [0.1, 0.15) is 13.2 Å². The van der Waals surface area contributed by atoms with Crippen molar-refractivity contribution in [2.75, 3.05) is 19.8 Å². The number of hydrogen-bond donors (Lipinski definition) is 2. The number of ether oxygens (including phenoxy) is 2. The van der Waals surface area contributed by atoms with Crippen molar-refractivity contribution >= 4 is 18.3 Å². The lowest BCUT2D eigenvalue weighted by Gasteiger charge is -2.21. The largest absolute Gasteiger partial charge is 0.486 e. The van der Waals surface area contributed by atoms with Gasteiger partial charge in [0.15, 0.2) is 11.5 Å². The van der Waals surface area contributed by atoms with Crippen LogP contribution in [0.3, 0.4) is 0 Å². The first-order valence-corrected chi connectivity index (χ1v) is 6.59. The highest BCUT2D eigenvalue weighted by Crippen LogP contribution is 2.32. The van der Waals surface area contributed by atoms with Gasteiger partial charge in [-0.2, -0.15) is 0 Å². The van der Waals surface area contributed by atoms with Crippen LogP contribution in [0, 0.1) is 0 Å². The number of benzene rings is 1. The van der Waals surface area contributed by atoms with Crippen LogP contribution in [0.1, 0.15) is 31.4 Å². The molecule has 1 aromatic carbocycles. The van der Waals surface area contributed by atoms with Crippen molar-refractivity contribution in [3.8, 4) is 11.5 Å². The van der Waals surface area contributed by atoms with Crippen LogP contribution in [0.15, 0.2) is 18.2 Å². The lowest BCUT2D eigenvalue weighted by Crippen LogP contribution is -2.27. The summed E-state index contributed by atoms with van der Waals surface area (Å²) in [5, 5.41) is 2.95. The minimum Gasteiger partial charge on any atom is -0.486 e. The van der Waals surface area contributed by atoms with Gasteiger partial charge in [0.25, 0.3) is 0 Å². The Morgan fingerprint density at radius 3 is 2.75 bits per heavy atom. The van der Waals surface area contributed by atoms with E-state index >= 15 is 0 Å². The molecular weight excluding hydrogens is 280 g/mol. The van der Waals surface area contributed by atoms with Crippen molar-refractivity contribution in [3.63, 3.8) is 0 Å². The number of carbonyl (C=O) groups is 1. The van der Waals surface area contributed by atoms with E-state index in [1.165, 1.54) is 0 Å². The Morgan fingerprint density at radius 2 is 2.05 bits per heavy atom. The number of nitrogens with one attached hydrogen (secondary N) is 1. The van der Waals surface area contributed by atoms with Gasteiger partial charge in [0, 0.05) is 6.42 Å². The summed E-state index contributed by atoms with van der Waals surface area (Å²) in [5.41, 5.74) is 6.39. The highest BCUT2D eigenvalue weighted by Gasteiger charge is 2.15. The number of carbonyl (C=O) groups excluding carboxylic acids is 1. The zero-order valence-electron chi connectivity index (χ0n) is 11.6. The van der Waals surface area contributed by atoms with E-state index in [1.54, 1.807) is 0 Å². The van der Waals surface area contributed by atoms with E-state index in [9.17, 15) is 4.79 Å². The Hall–Kier alpha value is -1.46. The van der Waals surface area contributed by atoms with E-state index in [4.69, 9.17) is 15.2 Å². The van der Waals surface area contributed by atoms with E-state index < -0.39 is 0 Å². The number of fused-ring (bicyclic) bond motifs is 1. The SMILES string of the molecule is CC(NC(=O)CCCN)c1ccc2c(c1)OCCO2.Cl. The Kier molecular flexibility index (Phi) is 6.61. The van der Waals surface area contributed by atoms with E-state index in [2.05, 4.69) is 5.32 Å². The van der Waals surface area contributed by atoms with Crippen LogP contribution in [0.4, 0.5) is 0 Å². The molecule has 0 aromatic heterocycles. The molecule has 1 unspecified atom stereocenters. The van der Waals surface area contributed by atoms with Gasteiger partial charge in [-0.05, 0) is 37.6 Å². The van der Waals surface area contributed by atoms with Crippen LogP contribution in [-0.4, -0.2) is 25.7 Å². The molecule has 1 aliphatic heterocycles. The van der Waals surface area contributed by atoms with Crippen LogP contribution in [0.5, 0.6) is 11.5 Å². The normalized spacial score (nSPS) is 14.1. The second-order valence-electron chi connectivity index (χ2n) is 4.58. The van der Waals surface area contributed by atoms with Crippen LogP contribution >= 0.6 is 12.4 Å². The maximum absolute atomic E-state index is 11.7. The molecule has 0 bridgehead atoms. The van der Waals surface area contributed by atoms with E-state index in [1.807, 2.05) is 25.1 Å². The summed E-state index contributed by atoms with van der Waals surface area (Å²) < 4.78 is 11.0. The van der Waals surface area contributed by atoms with Crippen molar-refractivity contribution < 1.29 is 14.3 Å². The van der Waals surface area contributed by atoms with Crippen LogP contribution in [-0.2, 0) is 4.79 Å². The first-order chi connectivity index (χ1) is 9.20. The summed E-state index contributed by atoms with van der Waals surface area (Å²) in [7, 11) is 0. The minimum absolute atomic E-state index is 0. The van der Waals surface area contributed by atoms with Gasteiger partial charge < -0.3 is 20.5 Å². The smallest absolute Gasteiger partial charge is 0.220 e.